The van der Waals surface area contributed by atoms with Gasteiger partial charge in [-0.05, 0) is 13.0 Å². The van der Waals surface area contributed by atoms with Crippen molar-refractivity contribution in [3.63, 3.8) is 0 Å². The number of anilines is 1. The Kier molecular flexibility index (Phi) is 6.10. The van der Waals surface area contributed by atoms with Gasteiger partial charge in [-0.15, -0.1) is 0 Å². The van der Waals surface area contributed by atoms with E-state index in [1.807, 2.05) is 0 Å². The molecule has 0 aliphatic heterocycles. The second-order valence-electron chi connectivity index (χ2n) is 3.64. The first kappa shape index (κ1) is 14.4. The van der Waals surface area contributed by atoms with Gasteiger partial charge in [0.15, 0.2) is 0 Å². The van der Waals surface area contributed by atoms with Crippen molar-refractivity contribution in [2.24, 2.45) is 0 Å². The molecule has 1 heterocycles. The standard InChI is InChI=1S/C12H18N2O4/c1-9-11(7-10(13)8-14-9)12(15)18-6-5-17-4-3-16-2/h7-8H,3-6,13H2,1-2H3. The molecule has 0 radical (unpaired) electrons. The summed E-state index contributed by atoms with van der Waals surface area (Å²) in [7, 11) is 1.60. The summed E-state index contributed by atoms with van der Waals surface area (Å²) in [6.07, 6.45) is 1.50. The molecular formula is C12H18N2O4. The number of pyridine rings is 1. The van der Waals surface area contributed by atoms with Crippen molar-refractivity contribution in [1.82, 2.24) is 4.98 Å². The van der Waals surface area contributed by atoms with Crippen LogP contribution in [0.15, 0.2) is 12.3 Å². The Morgan fingerprint density at radius 2 is 2.06 bits per heavy atom. The Morgan fingerprint density at radius 3 is 2.78 bits per heavy atom. The van der Waals surface area contributed by atoms with Gasteiger partial charge in [-0.3, -0.25) is 4.98 Å². The van der Waals surface area contributed by atoms with Crippen molar-refractivity contribution < 1.29 is 19.0 Å². The molecule has 0 aliphatic carbocycles. The molecule has 100 valence electrons. The molecule has 0 unspecified atom stereocenters. The first-order chi connectivity index (χ1) is 8.65. The summed E-state index contributed by atoms with van der Waals surface area (Å²) >= 11 is 0. The maximum atomic E-state index is 11.7. The summed E-state index contributed by atoms with van der Waals surface area (Å²) in [5.74, 6) is -0.442. The summed E-state index contributed by atoms with van der Waals surface area (Å²) in [6, 6.07) is 1.55. The number of rotatable bonds is 7. The van der Waals surface area contributed by atoms with Crippen LogP contribution < -0.4 is 5.73 Å². The lowest BCUT2D eigenvalue weighted by Gasteiger charge is -2.07. The van der Waals surface area contributed by atoms with E-state index < -0.39 is 5.97 Å². The van der Waals surface area contributed by atoms with E-state index in [0.29, 0.717) is 36.8 Å². The molecular weight excluding hydrogens is 236 g/mol. The van der Waals surface area contributed by atoms with Gasteiger partial charge in [0, 0.05) is 7.11 Å². The predicted molar refractivity (Wildman–Crippen MR) is 66.4 cm³/mol. The summed E-state index contributed by atoms with van der Waals surface area (Å²) in [5.41, 5.74) is 6.97. The van der Waals surface area contributed by atoms with Gasteiger partial charge in [0.1, 0.15) is 6.61 Å². The molecule has 2 N–H and O–H groups in total. The van der Waals surface area contributed by atoms with Crippen molar-refractivity contribution in [1.29, 1.82) is 0 Å². The molecule has 6 heteroatoms. The Hall–Kier alpha value is -1.66. The van der Waals surface area contributed by atoms with Crippen LogP contribution in [0.2, 0.25) is 0 Å². The fourth-order valence-corrected chi connectivity index (χ4v) is 1.27. The molecule has 0 aromatic carbocycles. The molecule has 18 heavy (non-hydrogen) atoms. The van der Waals surface area contributed by atoms with Crippen molar-refractivity contribution >= 4 is 11.7 Å². The van der Waals surface area contributed by atoms with Crippen LogP contribution in [-0.4, -0.2) is 44.5 Å². The molecule has 0 bridgehead atoms. The van der Waals surface area contributed by atoms with Crippen LogP contribution in [0.1, 0.15) is 16.1 Å². The molecule has 0 amide bonds. The van der Waals surface area contributed by atoms with Gasteiger partial charge >= 0.3 is 5.97 Å². The lowest BCUT2D eigenvalue weighted by atomic mass is 10.2. The highest BCUT2D eigenvalue weighted by atomic mass is 16.6. The number of hydrogen-bond acceptors (Lipinski definition) is 6. The number of carbonyl (C=O) groups is 1. The molecule has 1 aromatic rings. The number of methoxy groups -OCH3 is 1. The maximum absolute atomic E-state index is 11.7. The van der Waals surface area contributed by atoms with Gasteiger partial charge in [0.05, 0.1) is 43.0 Å². The van der Waals surface area contributed by atoms with E-state index in [9.17, 15) is 4.79 Å². The lowest BCUT2D eigenvalue weighted by Crippen LogP contribution is -2.14. The molecule has 0 spiro atoms. The van der Waals surface area contributed by atoms with Crippen LogP contribution in [0, 0.1) is 6.92 Å². The largest absolute Gasteiger partial charge is 0.460 e. The minimum absolute atomic E-state index is 0.191. The second-order valence-corrected chi connectivity index (χ2v) is 3.64. The number of ether oxygens (including phenoxy) is 3. The zero-order valence-electron chi connectivity index (χ0n) is 10.6. The van der Waals surface area contributed by atoms with E-state index in [1.165, 1.54) is 6.20 Å². The Balaban J connectivity index is 2.34. The molecule has 1 rings (SSSR count). The first-order valence-corrected chi connectivity index (χ1v) is 5.61. The van der Waals surface area contributed by atoms with E-state index >= 15 is 0 Å². The third-order valence-corrected chi connectivity index (χ3v) is 2.22. The van der Waals surface area contributed by atoms with Crippen LogP contribution in [0.3, 0.4) is 0 Å². The molecule has 0 atom stereocenters. The van der Waals surface area contributed by atoms with Crippen LogP contribution in [0.4, 0.5) is 5.69 Å². The zero-order valence-corrected chi connectivity index (χ0v) is 10.6. The number of nitrogens with two attached hydrogens (primary N) is 1. The fraction of sp³-hybridized carbons (Fsp3) is 0.500. The fourth-order valence-electron chi connectivity index (χ4n) is 1.27. The zero-order chi connectivity index (χ0) is 13.4. The summed E-state index contributed by atoms with van der Waals surface area (Å²) in [6.45, 7) is 3.25. The van der Waals surface area contributed by atoms with E-state index in [0.717, 1.165) is 0 Å². The summed E-state index contributed by atoms with van der Waals surface area (Å²) < 4.78 is 15.0. The molecule has 0 fully saturated rings. The van der Waals surface area contributed by atoms with Crippen LogP contribution in [0.5, 0.6) is 0 Å². The molecule has 0 saturated heterocycles. The van der Waals surface area contributed by atoms with Crippen LogP contribution >= 0.6 is 0 Å². The van der Waals surface area contributed by atoms with Crippen molar-refractivity contribution in [2.45, 2.75) is 6.92 Å². The Bertz CT molecular complexity index is 396. The monoisotopic (exact) mass is 254 g/mol. The quantitative estimate of drug-likeness (QED) is 0.572. The molecule has 0 saturated carbocycles. The van der Waals surface area contributed by atoms with Gasteiger partial charge in [-0.25, -0.2) is 4.79 Å². The Morgan fingerprint density at radius 1 is 1.33 bits per heavy atom. The predicted octanol–water partition coefficient (Wildman–Crippen LogP) is 0.792. The van der Waals surface area contributed by atoms with Crippen molar-refractivity contribution in [3.8, 4) is 0 Å². The van der Waals surface area contributed by atoms with Crippen LogP contribution in [-0.2, 0) is 14.2 Å². The highest BCUT2D eigenvalue weighted by Gasteiger charge is 2.11. The number of hydrogen-bond donors (Lipinski definition) is 1. The number of aryl methyl sites for hydroxylation is 1. The van der Waals surface area contributed by atoms with E-state index in [1.54, 1.807) is 20.1 Å². The highest BCUT2D eigenvalue weighted by Crippen LogP contribution is 2.10. The summed E-state index contributed by atoms with van der Waals surface area (Å²) in [4.78, 5) is 15.7. The highest BCUT2D eigenvalue weighted by molar-refractivity contribution is 5.91. The number of esters is 1. The lowest BCUT2D eigenvalue weighted by molar-refractivity contribution is 0.0213. The van der Waals surface area contributed by atoms with E-state index in [4.69, 9.17) is 19.9 Å². The minimum Gasteiger partial charge on any atom is -0.460 e. The number of nitrogen functional groups attached to an aromatic ring is 1. The second kappa shape index (κ2) is 7.62. The van der Waals surface area contributed by atoms with E-state index in [-0.39, 0.29) is 6.61 Å². The van der Waals surface area contributed by atoms with Gasteiger partial charge < -0.3 is 19.9 Å². The molecule has 0 aliphatic rings. The average Bonchev–Trinajstić information content (AvgIpc) is 2.36. The molecule has 1 aromatic heterocycles. The van der Waals surface area contributed by atoms with Crippen molar-refractivity contribution in [2.75, 3.05) is 39.3 Å². The van der Waals surface area contributed by atoms with E-state index in [2.05, 4.69) is 4.98 Å². The number of nitrogens with zero attached hydrogens (tertiary/aromatic N) is 1. The molecule has 6 nitrogen and oxygen atoms in total. The average molecular weight is 254 g/mol. The van der Waals surface area contributed by atoms with Gasteiger partial charge in [0.25, 0.3) is 0 Å². The van der Waals surface area contributed by atoms with Crippen LogP contribution in [0.25, 0.3) is 0 Å². The first-order valence-electron chi connectivity index (χ1n) is 5.61. The number of aromatic nitrogens is 1. The smallest absolute Gasteiger partial charge is 0.340 e. The minimum atomic E-state index is -0.442. The van der Waals surface area contributed by atoms with Gasteiger partial charge in [-0.1, -0.05) is 0 Å². The number of carbonyl (C=O) groups excluding carboxylic acids is 1. The normalized spacial score (nSPS) is 10.3. The third-order valence-electron chi connectivity index (χ3n) is 2.22. The SMILES string of the molecule is COCCOCCOC(=O)c1cc(N)cnc1C. The van der Waals surface area contributed by atoms with Gasteiger partial charge in [0.2, 0.25) is 0 Å². The van der Waals surface area contributed by atoms with Crippen molar-refractivity contribution in [3.05, 3.63) is 23.5 Å². The van der Waals surface area contributed by atoms with Gasteiger partial charge in [-0.2, -0.15) is 0 Å². The summed E-state index contributed by atoms with van der Waals surface area (Å²) in [5, 5.41) is 0. The third kappa shape index (κ3) is 4.68. The maximum Gasteiger partial charge on any atom is 0.340 e. The topological polar surface area (TPSA) is 83.7 Å². The Labute approximate surface area is 106 Å².